The Morgan fingerprint density at radius 1 is 1.17 bits per heavy atom. The molecule has 1 aromatic rings. The summed E-state index contributed by atoms with van der Waals surface area (Å²) in [5.41, 5.74) is 0.259. The smallest absolute Gasteiger partial charge is 0.255 e. The third-order valence-corrected chi connectivity index (χ3v) is 5.75. The van der Waals surface area contributed by atoms with E-state index in [1.807, 2.05) is 18.2 Å². The molecule has 0 unspecified atom stereocenters. The highest BCUT2D eigenvalue weighted by Crippen LogP contribution is 2.36. The van der Waals surface area contributed by atoms with E-state index in [0.29, 0.717) is 17.9 Å². The molecule has 0 aromatic heterocycles. The first-order valence-corrected chi connectivity index (χ1v) is 9.02. The summed E-state index contributed by atoms with van der Waals surface area (Å²) in [5.74, 6) is 1.07. The first kappa shape index (κ1) is 15.5. The van der Waals surface area contributed by atoms with Crippen molar-refractivity contribution < 1.29 is 14.3 Å². The summed E-state index contributed by atoms with van der Waals surface area (Å²) < 4.78 is 6.29. The average molecular weight is 328 g/mol. The van der Waals surface area contributed by atoms with Crippen molar-refractivity contribution in [2.75, 3.05) is 6.54 Å². The molecule has 1 aliphatic heterocycles. The number of ether oxygens (including phenoxy) is 1. The van der Waals surface area contributed by atoms with Gasteiger partial charge in [-0.05, 0) is 50.7 Å². The van der Waals surface area contributed by atoms with Gasteiger partial charge in [-0.15, -0.1) is 0 Å². The normalized spacial score (nSPS) is 29.7. The topological polar surface area (TPSA) is 67.4 Å². The lowest BCUT2D eigenvalue weighted by Crippen LogP contribution is -2.52. The van der Waals surface area contributed by atoms with E-state index >= 15 is 0 Å². The monoisotopic (exact) mass is 328 g/mol. The van der Waals surface area contributed by atoms with E-state index in [0.717, 1.165) is 38.5 Å². The molecule has 1 heterocycles. The lowest BCUT2D eigenvalue weighted by molar-refractivity contribution is -0.128. The van der Waals surface area contributed by atoms with Crippen LogP contribution >= 0.6 is 0 Å². The van der Waals surface area contributed by atoms with Crippen molar-refractivity contribution in [1.82, 2.24) is 10.6 Å². The first-order chi connectivity index (χ1) is 11.7. The lowest BCUT2D eigenvalue weighted by atomic mass is 9.80. The fraction of sp³-hybridized carbons (Fsp3) is 0.579. The minimum atomic E-state index is -0.347. The van der Waals surface area contributed by atoms with Crippen molar-refractivity contribution in [3.8, 4) is 5.75 Å². The van der Waals surface area contributed by atoms with Gasteiger partial charge >= 0.3 is 0 Å². The van der Waals surface area contributed by atoms with Crippen LogP contribution in [0, 0.1) is 5.92 Å². The van der Waals surface area contributed by atoms with Gasteiger partial charge in [0.15, 0.2) is 0 Å². The molecule has 1 spiro atoms. The molecule has 2 saturated carbocycles. The molecule has 1 aromatic carbocycles. The maximum absolute atomic E-state index is 12.2. The number of carbonyl (C=O) groups excluding carboxylic acids is 2. The molecule has 0 atom stereocenters. The Bertz CT molecular complexity index is 646. The van der Waals surface area contributed by atoms with Crippen LogP contribution in [0.15, 0.2) is 24.3 Å². The molecule has 5 heteroatoms. The summed E-state index contributed by atoms with van der Waals surface area (Å²) in [6, 6.07) is 7.66. The van der Waals surface area contributed by atoms with Crippen LogP contribution in [0.3, 0.4) is 0 Å². The van der Waals surface area contributed by atoms with Crippen molar-refractivity contribution in [3.05, 3.63) is 29.8 Å². The molecule has 3 aliphatic rings. The fourth-order valence-electron chi connectivity index (χ4n) is 3.91. The van der Waals surface area contributed by atoms with E-state index in [2.05, 4.69) is 10.6 Å². The van der Waals surface area contributed by atoms with E-state index in [1.165, 1.54) is 6.42 Å². The highest BCUT2D eigenvalue weighted by molar-refractivity contribution is 5.97. The maximum Gasteiger partial charge on any atom is 0.255 e. The maximum atomic E-state index is 12.2. The summed E-state index contributed by atoms with van der Waals surface area (Å²) in [4.78, 5) is 24.3. The Morgan fingerprint density at radius 2 is 1.92 bits per heavy atom. The highest BCUT2D eigenvalue weighted by atomic mass is 16.5. The zero-order valence-corrected chi connectivity index (χ0v) is 13.8. The minimum Gasteiger partial charge on any atom is -0.485 e. The standard InChI is InChI=1S/C19H24N2O3/c22-17(13-4-3-5-13)21-14-8-10-19(11-9-14)12-20-18(23)15-6-1-2-7-16(15)24-19/h1-2,6-7,13-14H,3-5,8-12H2,(H,20,23)(H,21,22). The van der Waals surface area contributed by atoms with Gasteiger partial charge < -0.3 is 15.4 Å². The number of para-hydroxylation sites is 1. The van der Waals surface area contributed by atoms with Crippen LogP contribution < -0.4 is 15.4 Å². The number of hydrogen-bond donors (Lipinski definition) is 2. The molecule has 24 heavy (non-hydrogen) atoms. The number of fused-ring (bicyclic) bond motifs is 1. The average Bonchev–Trinajstić information content (AvgIpc) is 2.66. The molecule has 2 N–H and O–H groups in total. The van der Waals surface area contributed by atoms with Crippen molar-refractivity contribution in [1.29, 1.82) is 0 Å². The number of amides is 2. The molecular weight excluding hydrogens is 304 g/mol. The summed E-state index contributed by atoms with van der Waals surface area (Å²) in [7, 11) is 0. The molecule has 0 saturated heterocycles. The van der Waals surface area contributed by atoms with Crippen LogP contribution in [0.2, 0.25) is 0 Å². The molecule has 4 rings (SSSR count). The van der Waals surface area contributed by atoms with Gasteiger partial charge in [0.05, 0.1) is 12.1 Å². The lowest BCUT2D eigenvalue weighted by Gasteiger charge is -2.40. The number of nitrogens with one attached hydrogen (secondary N) is 2. The number of benzene rings is 1. The molecule has 128 valence electrons. The summed E-state index contributed by atoms with van der Waals surface area (Å²) in [5, 5.41) is 6.21. The van der Waals surface area contributed by atoms with Crippen LogP contribution in [0.25, 0.3) is 0 Å². The molecule has 2 aliphatic carbocycles. The van der Waals surface area contributed by atoms with Crippen LogP contribution in [0.1, 0.15) is 55.3 Å². The van der Waals surface area contributed by atoms with Crippen LogP contribution in [-0.4, -0.2) is 30.0 Å². The second-order valence-electron chi connectivity index (χ2n) is 7.37. The Kier molecular flexibility index (Phi) is 3.94. The van der Waals surface area contributed by atoms with E-state index in [4.69, 9.17) is 4.74 Å². The molecular formula is C19H24N2O3. The summed E-state index contributed by atoms with van der Waals surface area (Å²) >= 11 is 0. The Morgan fingerprint density at radius 3 is 2.62 bits per heavy atom. The Balaban J connectivity index is 1.41. The third-order valence-electron chi connectivity index (χ3n) is 5.75. The predicted molar refractivity (Wildman–Crippen MR) is 89.9 cm³/mol. The molecule has 0 bridgehead atoms. The quantitative estimate of drug-likeness (QED) is 0.876. The Labute approximate surface area is 142 Å². The zero-order valence-electron chi connectivity index (χ0n) is 13.8. The zero-order chi connectivity index (χ0) is 16.6. The van der Waals surface area contributed by atoms with Gasteiger partial charge in [-0.25, -0.2) is 0 Å². The second kappa shape index (κ2) is 6.11. The van der Waals surface area contributed by atoms with E-state index in [9.17, 15) is 9.59 Å². The second-order valence-corrected chi connectivity index (χ2v) is 7.37. The van der Waals surface area contributed by atoms with Crippen molar-refractivity contribution in [3.63, 3.8) is 0 Å². The Hall–Kier alpha value is -2.04. The SMILES string of the molecule is O=C1NCC2(CCC(NC(=O)C3CCC3)CC2)Oc2ccccc21. The van der Waals surface area contributed by atoms with Crippen LogP contribution in [0.4, 0.5) is 0 Å². The van der Waals surface area contributed by atoms with E-state index in [1.54, 1.807) is 6.07 Å². The first-order valence-electron chi connectivity index (χ1n) is 9.02. The van der Waals surface area contributed by atoms with Crippen molar-refractivity contribution in [2.24, 2.45) is 5.92 Å². The summed E-state index contributed by atoms with van der Waals surface area (Å²) in [6.07, 6.45) is 6.74. The van der Waals surface area contributed by atoms with E-state index in [-0.39, 0.29) is 29.4 Å². The third kappa shape index (κ3) is 2.87. The number of rotatable bonds is 2. The largest absolute Gasteiger partial charge is 0.485 e. The molecule has 5 nitrogen and oxygen atoms in total. The van der Waals surface area contributed by atoms with Crippen molar-refractivity contribution in [2.45, 2.75) is 56.6 Å². The van der Waals surface area contributed by atoms with Gasteiger partial charge in [-0.2, -0.15) is 0 Å². The number of carbonyl (C=O) groups is 2. The van der Waals surface area contributed by atoms with Crippen LogP contribution in [0.5, 0.6) is 5.75 Å². The van der Waals surface area contributed by atoms with Gasteiger partial charge in [0.2, 0.25) is 5.91 Å². The minimum absolute atomic E-state index is 0.0668. The van der Waals surface area contributed by atoms with Gasteiger partial charge in [0.1, 0.15) is 11.4 Å². The van der Waals surface area contributed by atoms with Crippen LogP contribution in [-0.2, 0) is 4.79 Å². The molecule has 0 radical (unpaired) electrons. The van der Waals surface area contributed by atoms with Gasteiger partial charge in [0, 0.05) is 12.0 Å². The predicted octanol–water partition coefficient (Wildman–Crippen LogP) is 2.41. The summed E-state index contributed by atoms with van der Waals surface area (Å²) in [6.45, 7) is 0.532. The molecule has 2 fully saturated rings. The van der Waals surface area contributed by atoms with Gasteiger partial charge in [-0.3, -0.25) is 9.59 Å². The van der Waals surface area contributed by atoms with Gasteiger partial charge in [0.25, 0.3) is 5.91 Å². The molecule has 2 amide bonds. The fourth-order valence-corrected chi connectivity index (χ4v) is 3.91. The highest BCUT2D eigenvalue weighted by Gasteiger charge is 2.41. The van der Waals surface area contributed by atoms with Crippen molar-refractivity contribution >= 4 is 11.8 Å². The van der Waals surface area contributed by atoms with Gasteiger partial charge in [-0.1, -0.05) is 18.6 Å². The van der Waals surface area contributed by atoms with E-state index < -0.39 is 0 Å². The number of hydrogen-bond acceptors (Lipinski definition) is 3.